The molecule has 2 heterocycles. The van der Waals surface area contributed by atoms with E-state index in [0.29, 0.717) is 11.4 Å². The zero-order valence-electron chi connectivity index (χ0n) is 8.61. The first kappa shape index (κ1) is 12.7. The minimum absolute atomic E-state index is 0.0785. The molecule has 0 fully saturated rings. The maximum absolute atomic E-state index is 11.8. The van der Waals surface area contributed by atoms with Crippen LogP contribution in [0.4, 0.5) is 0 Å². The first-order valence-electron chi connectivity index (χ1n) is 4.79. The van der Waals surface area contributed by atoms with Crippen LogP contribution in [0.1, 0.15) is 15.2 Å². The molecular weight excluding hydrogens is 368 g/mol. The van der Waals surface area contributed by atoms with Gasteiger partial charge in [0.2, 0.25) is 0 Å². The largest absolute Gasteiger partial charge is 0.347 e. The standard InChI is InChI=1S/C11H8Br2N2OS/c12-8-4-9(17-10(8)13)11(16)15-6-7-2-1-3-14-5-7/h1-5H,6H2,(H,15,16). The molecule has 0 radical (unpaired) electrons. The smallest absolute Gasteiger partial charge is 0.261 e. The van der Waals surface area contributed by atoms with Crippen LogP contribution in [0.5, 0.6) is 0 Å². The third-order valence-electron chi connectivity index (χ3n) is 2.04. The summed E-state index contributed by atoms with van der Waals surface area (Å²) in [6.45, 7) is 0.486. The molecule has 3 nitrogen and oxygen atoms in total. The highest BCUT2D eigenvalue weighted by Gasteiger charge is 2.11. The molecule has 17 heavy (non-hydrogen) atoms. The monoisotopic (exact) mass is 374 g/mol. The van der Waals surface area contributed by atoms with Crippen molar-refractivity contribution >= 4 is 49.1 Å². The average molecular weight is 376 g/mol. The number of hydrogen-bond donors (Lipinski definition) is 1. The first-order valence-corrected chi connectivity index (χ1v) is 7.19. The second-order valence-electron chi connectivity index (χ2n) is 3.28. The summed E-state index contributed by atoms with van der Waals surface area (Å²) in [5.41, 5.74) is 0.982. The lowest BCUT2D eigenvalue weighted by atomic mass is 10.3. The quantitative estimate of drug-likeness (QED) is 0.890. The third kappa shape index (κ3) is 3.37. The van der Waals surface area contributed by atoms with Crippen LogP contribution in [0.3, 0.4) is 0 Å². The molecule has 2 aromatic rings. The van der Waals surface area contributed by atoms with E-state index in [-0.39, 0.29) is 5.91 Å². The Balaban J connectivity index is 1.98. The number of hydrogen-bond acceptors (Lipinski definition) is 3. The van der Waals surface area contributed by atoms with Crippen LogP contribution in [0, 0.1) is 0 Å². The molecule has 1 N–H and O–H groups in total. The molecule has 0 spiro atoms. The van der Waals surface area contributed by atoms with Gasteiger partial charge in [-0.15, -0.1) is 11.3 Å². The molecule has 0 saturated heterocycles. The Morgan fingerprint density at radius 2 is 2.29 bits per heavy atom. The molecule has 0 aromatic carbocycles. The summed E-state index contributed by atoms with van der Waals surface area (Å²) in [6.07, 6.45) is 3.44. The topological polar surface area (TPSA) is 42.0 Å². The van der Waals surface area contributed by atoms with Gasteiger partial charge in [-0.25, -0.2) is 0 Å². The number of nitrogens with one attached hydrogen (secondary N) is 1. The highest BCUT2D eigenvalue weighted by Crippen LogP contribution is 2.32. The van der Waals surface area contributed by atoms with Crippen molar-refractivity contribution in [3.63, 3.8) is 0 Å². The number of halogens is 2. The summed E-state index contributed by atoms with van der Waals surface area (Å²) in [7, 11) is 0. The lowest BCUT2D eigenvalue weighted by Gasteiger charge is -2.02. The molecule has 0 unspecified atom stereocenters. The van der Waals surface area contributed by atoms with Gasteiger partial charge >= 0.3 is 0 Å². The van der Waals surface area contributed by atoms with Crippen molar-refractivity contribution in [2.45, 2.75) is 6.54 Å². The Kier molecular flexibility index (Phi) is 4.31. The fourth-order valence-electron chi connectivity index (χ4n) is 1.23. The van der Waals surface area contributed by atoms with Crippen molar-refractivity contribution in [3.8, 4) is 0 Å². The molecule has 0 aliphatic rings. The lowest BCUT2D eigenvalue weighted by Crippen LogP contribution is -2.21. The van der Waals surface area contributed by atoms with Crippen LogP contribution in [0.15, 0.2) is 38.9 Å². The number of nitrogens with zero attached hydrogens (tertiary/aromatic N) is 1. The van der Waals surface area contributed by atoms with Gasteiger partial charge in [-0.3, -0.25) is 9.78 Å². The predicted octanol–water partition coefficient (Wildman–Crippen LogP) is 3.60. The molecule has 0 aliphatic carbocycles. The van der Waals surface area contributed by atoms with Crippen LogP contribution >= 0.6 is 43.2 Å². The number of thiophene rings is 1. The van der Waals surface area contributed by atoms with Gasteiger partial charge in [-0.2, -0.15) is 0 Å². The Labute approximate surface area is 120 Å². The van der Waals surface area contributed by atoms with Crippen molar-refractivity contribution < 1.29 is 4.79 Å². The summed E-state index contributed by atoms with van der Waals surface area (Å²) in [6, 6.07) is 5.57. The first-order chi connectivity index (χ1) is 8.16. The maximum atomic E-state index is 11.8. The van der Waals surface area contributed by atoms with Crippen LogP contribution in [0.2, 0.25) is 0 Å². The normalized spacial score (nSPS) is 10.2. The average Bonchev–Trinajstić information content (AvgIpc) is 2.68. The second kappa shape index (κ2) is 5.75. The van der Waals surface area contributed by atoms with E-state index >= 15 is 0 Å². The van der Waals surface area contributed by atoms with Crippen molar-refractivity contribution in [1.29, 1.82) is 0 Å². The molecule has 0 bridgehead atoms. The van der Waals surface area contributed by atoms with E-state index in [4.69, 9.17) is 0 Å². The van der Waals surface area contributed by atoms with E-state index < -0.39 is 0 Å². The Morgan fingerprint density at radius 1 is 1.47 bits per heavy atom. The molecule has 2 aromatic heterocycles. The van der Waals surface area contributed by atoms with Gasteiger partial charge < -0.3 is 5.32 Å². The summed E-state index contributed by atoms with van der Waals surface area (Å²) >= 11 is 8.12. The fourth-order valence-corrected chi connectivity index (χ4v) is 3.18. The van der Waals surface area contributed by atoms with Crippen molar-refractivity contribution in [1.82, 2.24) is 10.3 Å². The van der Waals surface area contributed by atoms with Crippen molar-refractivity contribution in [3.05, 3.63) is 49.3 Å². The number of carbonyl (C=O) groups excluding carboxylic acids is 1. The summed E-state index contributed by atoms with van der Waals surface area (Å²) in [4.78, 5) is 16.5. The third-order valence-corrected chi connectivity index (χ3v) is 5.30. The minimum atomic E-state index is -0.0785. The predicted molar refractivity (Wildman–Crippen MR) is 75.1 cm³/mol. The van der Waals surface area contributed by atoms with Crippen molar-refractivity contribution in [2.24, 2.45) is 0 Å². The van der Waals surface area contributed by atoms with Gasteiger partial charge in [0.15, 0.2) is 0 Å². The number of rotatable bonds is 3. The van der Waals surface area contributed by atoms with Gasteiger partial charge in [-0.1, -0.05) is 6.07 Å². The Morgan fingerprint density at radius 3 is 2.88 bits per heavy atom. The highest BCUT2D eigenvalue weighted by molar-refractivity contribution is 9.13. The van der Waals surface area contributed by atoms with Crippen LogP contribution < -0.4 is 5.32 Å². The van der Waals surface area contributed by atoms with Gasteiger partial charge in [0.25, 0.3) is 5.91 Å². The fraction of sp³-hybridized carbons (Fsp3) is 0.0909. The number of carbonyl (C=O) groups is 1. The molecule has 88 valence electrons. The molecule has 0 atom stereocenters. The zero-order chi connectivity index (χ0) is 12.3. The minimum Gasteiger partial charge on any atom is -0.347 e. The molecule has 1 amide bonds. The highest BCUT2D eigenvalue weighted by atomic mass is 79.9. The van der Waals surface area contributed by atoms with Crippen LogP contribution in [-0.2, 0) is 6.54 Å². The van der Waals surface area contributed by atoms with E-state index in [1.807, 2.05) is 12.1 Å². The SMILES string of the molecule is O=C(NCc1cccnc1)c1cc(Br)c(Br)s1. The van der Waals surface area contributed by atoms with Gasteiger partial charge in [0, 0.05) is 23.4 Å². The van der Waals surface area contributed by atoms with Gasteiger partial charge in [-0.05, 0) is 49.6 Å². The maximum Gasteiger partial charge on any atom is 0.261 e. The van der Waals surface area contributed by atoms with E-state index in [1.165, 1.54) is 11.3 Å². The summed E-state index contributed by atoms with van der Waals surface area (Å²) < 4.78 is 1.82. The summed E-state index contributed by atoms with van der Waals surface area (Å²) in [5.74, 6) is -0.0785. The number of amides is 1. The molecule has 0 saturated carbocycles. The summed E-state index contributed by atoms with van der Waals surface area (Å²) in [5, 5.41) is 2.85. The second-order valence-corrected chi connectivity index (χ2v) is 6.50. The molecular formula is C11H8Br2N2OS. The van der Waals surface area contributed by atoms with Gasteiger partial charge in [0.05, 0.1) is 8.66 Å². The van der Waals surface area contributed by atoms with Gasteiger partial charge in [0.1, 0.15) is 0 Å². The van der Waals surface area contributed by atoms with E-state index in [2.05, 4.69) is 42.2 Å². The molecule has 0 aliphatic heterocycles. The Hall–Kier alpha value is -0.720. The number of aromatic nitrogens is 1. The van der Waals surface area contributed by atoms with E-state index in [0.717, 1.165) is 13.8 Å². The van der Waals surface area contributed by atoms with Crippen LogP contribution in [-0.4, -0.2) is 10.9 Å². The molecule has 2 rings (SSSR count). The van der Waals surface area contributed by atoms with Crippen LogP contribution in [0.25, 0.3) is 0 Å². The number of pyridine rings is 1. The molecule has 6 heteroatoms. The van der Waals surface area contributed by atoms with Crippen molar-refractivity contribution in [2.75, 3.05) is 0 Å². The zero-order valence-corrected chi connectivity index (χ0v) is 12.6. The van der Waals surface area contributed by atoms with E-state index in [1.54, 1.807) is 18.5 Å². The van der Waals surface area contributed by atoms with E-state index in [9.17, 15) is 4.79 Å². The Bertz CT molecular complexity index is 508. The lowest BCUT2D eigenvalue weighted by molar-refractivity contribution is 0.0955.